The van der Waals surface area contributed by atoms with Gasteiger partial charge < -0.3 is 10.1 Å². The van der Waals surface area contributed by atoms with Gasteiger partial charge in [-0.2, -0.15) is 5.10 Å². The van der Waals surface area contributed by atoms with E-state index in [2.05, 4.69) is 36.1 Å². The molecule has 1 aliphatic rings. The molecule has 0 aliphatic carbocycles. The first kappa shape index (κ1) is 15.3. The summed E-state index contributed by atoms with van der Waals surface area (Å²) in [5.41, 5.74) is 2.27. The van der Waals surface area contributed by atoms with E-state index in [4.69, 9.17) is 4.74 Å². The zero-order valence-electron chi connectivity index (χ0n) is 13.4. The van der Waals surface area contributed by atoms with Gasteiger partial charge in [0.2, 0.25) is 5.88 Å². The van der Waals surface area contributed by atoms with Gasteiger partial charge in [-0.3, -0.25) is 4.90 Å². The molecule has 1 saturated heterocycles. The number of aryl methyl sites for hydroxylation is 2. The lowest BCUT2D eigenvalue weighted by Gasteiger charge is -2.29. The SMILES string of the molecule is COc1c(CN(CC2CCCN2)C(C)C)c(C)nn1C. The molecule has 0 radical (unpaired) electrons. The van der Waals surface area contributed by atoms with Crippen molar-refractivity contribution in [3.63, 3.8) is 0 Å². The Morgan fingerprint density at radius 1 is 1.50 bits per heavy atom. The van der Waals surface area contributed by atoms with E-state index < -0.39 is 0 Å². The van der Waals surface area contributed by atoms with Crippen LogP contribution in [0.4, 0.5) is 0 Å². The second kappa shape index (κ2) is 6.59. The first-order valence-electron chi connectivity index (χ1n) is 7.56. The van der Waals surface area contributed by atoms with Crippen molar-refractivity contribution in [2.75, 3.05) is 20.2 Å². The van der Waals surface area contributed by atoms with Crippen molar-refractivity contribution >= 4 is 0 Å². The van der Waals surface area contributed by atoms with Crippen molar-refractivity contribution < 1.29 is 4.74 Å². The van der Waals surface area contributed by atoms with Crippen molar-refractivity contribution in [1.82, 2.24) is 20.0 Å². The molecule has 1 atom stereocenters. The van der Waals surface area contributed by atoms with E-state index in [0.29, 0.717) is 12.1 Å². The van der Waals surface area contributed by atoms with Gasteiger partial charge in [0.25, 0.3) is 0 Å². The lowest BCUT2D eigenvalue weighted by molar-refractivity contribution is 0.191. The van der Waals surface area contributed by atoms with Gasteiger partial charge in [0.05, 0.1) is 18.4 Å². The van der Waals surface area contributed by atoms with Crippen LogP contribution >= 0.6 is 0 Å². The first-order chi connectivity index (χ1) is 9.52. The van der Waals surface area contributed by atoms with E-state index in [1.807, 2.05) is 11.7 Å². The molecule has 0 amide bonds. The average molecular weight is 280 g/mol. The van der Waals surface area contributed by atoms with E-state index in [1.165, 1.54) is 18.4 Å². The number of methoxy groups -OCH3 is 1. The molecular weight excluding hydrogens is 252 g/mol. The van der Waals surface area contributed by atoms with Crippen molar-refractivity contribution in [3.8, 4) is 5.88 Å². The molecule has 1 unspecified atom stereocenters. The zero-order valence-corrected chi connectivity index (χ0v) is 13.4. The van der Waals surface area contributed by atoms with Crippen LogP contribution in [0.15, 0.2) is 0 Å². The fraction of sp³-hybridized carbons (Fsp3) is 0.800. The molecule has 20 heavy (non-hydrogen) atoms. The minimum absolute atomic E-state index is 0.515. The Morgan fingerprint density at radius 2 is 2.25 bits per heavy atom. The highest BCUT2D eigenvalue weighted by Crippen LogP contribution is 2.24. The quantitative estimate of drug-likeness (QED) is 0.861. The number of rotatable bonds is 6. The Bertz CT molecular complexity index is 435. The number of ether oxygens (including phenoxy) is 1. The maximum atomic E-state index is 5.51. The summed E-state index contributed by atoms with van der Waals surface area (Å²) in [4.78, 5) is 2.51. The number of hydrogen-bond acceptors (Lipinski definition) is 4. The largest absolute Gasteiger partial charge is 0.481 e. The zero-order chi connectivity index (χ0) is 14.7. The molecule has 0 aromatic carbocycles. The van der Waals surface area contributed by atoms with Crippen molar-refractivity contribution in [1.29, 1.82) is 0 Å². The van der Waals surface area contributed by atoms with Crippen LogP contribution < -0.4 is 10.1 Å². The van der Waals surface area contributed by atoms with Gasteiger partial charge in [-0.25, -0.2) is 4.68 Å². The Kier molecular flexibility index (Phi) is 5.05. The normalized spacial score (nSPS) is 19.2. The third-order valence-electron chi connectivity index (χ3n) is 4.19. The maximum absolute atomic E-state index is 5.51. The predicted molar refractivity (Wildman–Crippen MR) is 81.1 cm³/mol. The third kappa shape index (κ3) is 3.33. The van der Waals surface area contributed by atoms with Crippen LogP contribution in [0.2, 0.25) is 0 Å². The van der Waals surface area contributed by atoms with Crippen LogP contribution in [0, 0.1) is 6.92 Å². The van der Waals surface area contributed by atoms with E-state index in [9.17, 15) is 0 Å². The molecule has 1 aliphatic heterocycles. The molecule has 5 heteroatoms. The summed E-state index contributed by atoms with van der Waals surface area (Å²) in [5.74, 6) is 0.882. The highest BCUT2D eigenvalue weighted by Gasteiger charge is 2.23. The average Bonchev–Trinajstić information content (AvgIpc) is 2.97. The first-order valence-corrected chi connectivity index (χ1v) is 7.56. The number of nitrogens with zero attached hydrogens (tertiary/aromatic N) is 3. The van der Waals surface area contributed by atoms with Crippen LogP contribution in [0.5, 0.6) is 5.88 Å². The van der Waals surface area contributed by atoms with Crippen LogP contribution in [0.3, 0.4) is 0 Å². The Labute approximate surface area is 122 Å². The lowest BCUT2D eigenvalue weighted by atomic mass is 10.1. The van der Waals surface area contributed by atoms with Gasteiger partial charge in [-0.1, -0.05) is 0 Å². The fourth-order valence-corrected chi connectivity index (χ4v) is 2.97. The van der Waals surface area contributed by atoms with Gasteiger partial charge in [0, 0.05) is 32.2 Å². The summed E-state index contributed by atoms with van der Waals surface area (Å²) in [7, 11) is 3.66. The fourth-order valence-electron chi connectivity index (χ4n) is 2.97. The molecule has 2 rings (SSSR count). The summed E-state index contributed by atoms with van der Waals surface area (Å²) >= 11 is 0. The molecule has 1 N–H and O–H groups in total. The lowest BCUT2D eigenvalue weighted by Crippen LogP contribution is -2.40. The van der Waals surface area contributed by atoms with Crippen LogP contribution in [0.1, 0.15) is 37.9 Å². The third-order valence-corrected chi connectivity index (χ3v) is 4.19. The van der Waals surface area contributed by atoms with Gasteiger partial charge in [0.15, 0.2) is 0 Å². The monoisotopic (exact) mass is 280 g/mol. The van der Waals surface area contributed by atoms with Crippen molar-refractivity contribution in [2.24, 2.45) is 7.05 Å². The summed E-state index contributed by atoms with van der Waals surface area (Å²) < 4.78 is 7.34. The molecule has 0 saturated carbocycles. The van der Waals surface area contributed by atoms with Crippen LogP contribution in [0.25, 0.3) is 0 Å². The molecule has 5 nitrogen and oxygen atoms in total. The van der Waals surface area contributed by atoms with Crippen LogP contribution in [-0.2, 0) is 13.6 Å². The van der Waals surface area contributed by atoms with E-state index in [-0.39, 0.29) is 0 Å². The molecule has 2 heterocycles. The van der Waals surface area contributed by atoms with Gasteiger partial charge in [-0.05, 0) is 40.2 Å². The molecule has 0 spiro atoms. The van der Waals surface area contributed by atoms with E-state index >= 15 is 0 Å². The van der Waals surface area contributed by atoms with E-state index in [1.54, 1.807) is 7.11 Å². The molecule has 1 fully saturated rings. The topological polar surface area (TPSA) is 42.3 Å². The minimum atomic E-state index is 0.515. The van der Waals surface area contributed by atoms with Gasteiger partial charge >= 0.3 is 0 Å². The van der Waals surface area contributed by atoms with Gasteiger partial charge in [-0.15, -0.1) is 0 Å². The molecule has 1 aromatic rings. The summed E-state index contributed by atoms with van der Waals surface area (Å²) in [6.07, 6.45) is 2.58. The van der Waals surface area contributed by atoms with Gasteiger partial charge in [0.1, 0.15) is 0 Å². The van der Waals surface area contributed by atoms with E-state index in [0.717, 1.165) is 31.2 Å². The molecule has 0 bridgehead atoms. The summed E-state index contributed by atoms with van der Waals surface area (Å²) in [6, 6.07) is 1.14. The highest BCUT2D eigenvalue weighted by atomic mass is 16.5. The van der Waals surface area contributed by atoms with Crippen LogP contribution in [-0.4, -0.2) is 47.0 Å². The Balaban J connectivity index is 2.11. The molecular formula is C15H28N4O. The predicted octanol–water partition coefficient (Wildman–Crippen LogP) is 1.70. The maximum Gasteiger partial charge on any atom is 0.216 e. The number of aromatic nitrogens is 2. The second-order valence-corrected chi connectivity index (χ2v) is 6.01. The minimum Gasteiger partial charge on any atom is -0.481 e. The molecule has 114 valence electrons. The summed E-state index contributed by atoms with van der Waals surface area (Å²) in [5, 5.41) is 8.06. The standard InChI is InChI=1S/C15H28N4O/c1-11(2)19(9-13-7-6-8-16-13)10-14-12(3)17-18(4)15(14)20-5/h11,13,16H,6-10H2,1-5H3. The van der Waals surface area contributed by atoms with Crippen molar-refractivity contribution in [3.05, 3.63) is 11.3 Å². The second-order valence-electron chi connectivity index (χ2n) is 6.01. The Morgan fingerprint density at radius 3 is 2.80 bits per heavy atom. The Hall–Kier alpha value is -1.07. The van der Waals surface area contributed by atoms with Crippen molar-refractivity contribution in [2.45, 2.75) is 52.2 Å². The number of nitrogens with one attached hydrogen (secondary N) is 1. The summed E-state index contributed by atoms with van der Waals surface area (Å²) in [6.45, 7) is 9.73. The molecule has 1 aromatic heterocycles. The smallest absolute Gasteiger partial charge is 0.216 e. The highest BCUT2D eigenvalue weighted by molar-refractivity contribution is 5.30. The number of hydrogen-bond donors (Lipinski definition) is 1.